The highest BCUT2D eigenvalue weighted by atomic mass is 16.5. The number of rotatable bonds is 4. The first-order chi connectivity index (χ1) is 8.61. The first-order valence-corrected chi connectivity index (χ1v) is 6.20. The molecule has 1 atom stereocenters. The van der Waals surface area contributed by atoms with Gasteiger partial charge in [-0.05, 0) is 30.0 Å². The van der Waals surface area contributed by atoms with Crippen LogP contribution in [0.25, 0.3) is 0 Å². The minimum absolute atomic E-state index is 0.245. The predicted molar refractivity (Wildman–Crippen MR) is 69.6 cm³/mol. The van der Waals surface area contributed by atoms with E-state index in [9.17, 15) is 9.90 Å². The summed E-state index contributed by atoms with van der Waals surface area (Å²) in [6.45, 7) is 1.02. The largest absolute Gasteiger partial charge is 0.469 e. The first kappa shape index (κ1) is 12.9. The number of benzene rings is 1. The quantitative estimate of drug-likeness (QED) is 0.825. The van der Waals surface area contributed by atoms with Gasteiger partial charge in [-0.1, -0.05) is 12.1 Å². The molecule has 0 saturated carbocycles. The van der Waals surface area contributed by atoms with Crippen LogP contribution < -0.4 is 4.90 Å². The van der Waals surface area contributed by atoms with Gasteiger partial charge in [-0.25, -0.2) is 0 Å². The fraction of sp³-hybridized carbons (Fsp3) is 0.500. The summed E-state index contributed by atoms with van der Waals surface area (Å²) in [5.74, 6) is -0.282. The number of aliphatic hydroxyl groups is 1. The molecule has 4 nitrogen and oxygen atoms in total. The summed E-state index contributed by atoms with van der Waals surface area (Å²) in [6, 6.07) is 6.02. The van der Waals surface area contributed by atoms with Crippen LogP contribution in [-0.2, 0) is 16.0 Å². The van der Waals surface area contributed by atoms with Gasteiger partial charge in [-0.15, -0.1) is 0 Å². The summed E-state index contributed by atoms with van der Waals surface area (Å²) >= 11 is 0. The first-order valence-electron chi connectivity index (χ1n) is 6.20. The van der Waals surface area contributed by atoms with E-state index in [-0.39, 0.29) is 12.4 Å². The molecule has 1 aromatic carbocycles. The van der Waals surface area contributed by atoms with Gasteiger partial charge in [0.25, 0.3) is 0 Å². The number of carbonyl (C=O) groups excluding carboxylic acids is 1. The van der Waals surface area contributed by atoms with Gasteiger partial charge in [-0.2, -0.15) is 0 Å². The van der Waals surface area contributed by atoms with Crippen LogP contribution in [0.2, 0.25) is 0 Å². The molecule has 0 saturated heterocycles. The highest BCUT2D eigenvalue weighted by Gasteiger charge is 2.18. The summed E-state index contributed by atoms with van der Waals surface area (Å²) in [6.07, 6.45) is 1.07. The van der Waals surface area contributed by atoms with Crippen molar-refractivity contribution in [1.29, 1.82) is 0 Å². The van der Waals surface area contributed by atoms with Crippen molar-refractivity contribution in [3.8, 4) is 0 Å². The highest BCUT2D eigenvalue weighted by Crippen LogP contribution is 2.30. The van der Waals surface area contributed by atoms with E-state index in [1.54, 1.807) is 0 Å². The zero-order chi connectivity index (χ0) is 13.1. The zero-order valence-corrected chi connectivity index (χ0v) is 10.8. The number of esters is 1. The van der Waals surface area contributed by atoms with Gasteiger partial charge >= 0.3 is 5.97 Å². The summed E-state index contributed by atoms with van der Waals surface area (Å²) in [4.78, 5) is 13.2. The molecule has 0 aliphatic carbocycles. The maximum Gasteiger partial charge on any atom is 0.305 e. The van der Waals surface area contributed by atoms with Gasteiger partial charge in [0.1, 0.15) is 0 Å². The number of fused-ring (bicyclic) bond motifs is 1. The van der Waals surface area contributed by atoms with E-state index in [2.05, 4.69) is 16.7 Å². The SMILES string of the molecule is COC(=O)CCC(O)c1ccc2c(c1)CCN2C. The van der Waals surface area contributed by atoms with Crippen LogP contribution in [0.3, 0.4) is 0 Å². The Morgan fingerprint density at radius 2 is 2.33 bits per heavy atom. The van der Waals surface area contributed by atoms with Gasteiger partial charge < -0.3 is 14.7 Å². The Balaban J connectivity index is 2.03. The van der Waals surface area contributed by atoms with Crippen molar-refractivity contribution in [1.82, 2.24) is 0 Å². The molecule has 18 heavy (non-hydrogen) atoms. The molecular weight excluding hydrogens is 230 g/mol. The molecule has 0 bridgehead atoms. The number of aliphatic hydroxyl groups excluding tert-OH is 1. The van der Waals surface area contributed by atoms with Crippen LogP contribution in [0.1, 0.15) is 30.1 Å². The molecule has 0 fully saturated rings. The second-order valence-electron chi connectivity index (χ2n) is 4.69. The van der Waals surface area contributed by atoms with E-state index in [1.807, 2.05) is 18.2 Å². The van der Waals surface area contributed by atoms with E-state index in [0.29, 0.717) is 6.42 Å². The van der Waals surface area contributed by atoms with Crippen LogP contribution in [0.5, 0.6) is 0 Å². The lowest BCUT2D eigenvalue weighted by Gasteiger charge is -2.14. The van der Waals surface area contributed by atoms with Gasteiger partial charge in [0.2, 0.25) is 0 Å². The van der Waals surface area contributed by atoms with E-state index < -0.39 is 6.10 Å². The smallest absolute Gasteiger partial charge is 0.305 e. The van der Waals surface area contributed by atoms with E-state index in [0.717, 1.165) is 18.5 Å². The zero-order valence-electron chi connectivity index (χ0n) is 10.8. The molecule has 1 heterocycles. The van der Waals surface area contributed by atoms with Crippen LogP contribution in [0, 0.1) is 0 Å². The summed E-state index contributed by atoms with van der Waals surface area (Å²) in [5.41, 5.74) is 3.39. The molecule has 1 aliphatic rings. The normalized spacial score (nSPS) is 15.4. The molecule has 1 aromatic rings. The van der Waals surface area contributed by atoms with Crippen LogP contribution in [0.4, 0.5) is 5.69 Å². The molecule has 1 aliphatic heterocycles. The maximum atomic E-state index is 11.0. The molecule has 98 valence electrons. The van der Waals surface area contributed by atoms with Gasteiger partial charge in [0.15, 0.2) is 0 Å². The van der Waals surface area contributed by atoms with Crippen molar-refractivity contribution in [2.75, 3.05) is 25.6 Å². The lowest BCUT2D eigenvalue weighted by molar-refractivity contribution is -0.141. The Labute approximate surface area is 107 Å². The van der Waals surface area contributed by atoms with Crippen molar-refractivity contribution >= 4 is 11.7 Å². The molecule has 4 heteroatoms. The second-order valence-corrected chi connectivity index (χ2v) is 4.69. The number of ether oxygens (including phenoxy) is 1. The standard InChI is InChI=1S/C14H19NO3/c1-15-8-7-10-9-11(3-4-12(10)15)13(16)5-6-14(17)18-2/h3-4,9,13,16H,5-8H2,1-2H3. The van der Waals surface area contributed by atoms with Crippen molar-refractivity contribution in [3.05, 3.63) is 29.3 Å². The Kier molecular flexibility index (Phi) is 3.87. The number of methoxy groups -OCH3 is 1. The summed E-state index contributed by atoms with van der Waals surface area (Å²) in [5, 5.41) is 10.0. The second kappa shape index (κ2) is 5.40. The lowest BCUT2D eigenvalue weighted by atomic mass is 10.0. The number of hydrogen-bond donors (Lipinski definition) is 1. The summed E-state index contributed by atoms with van der Waals surface area (Å²) < 4.78 is 4.57. The fourth-order valence-corrected chi connectivity index (χ4v) is 2.32. The number of carbonyl (C=O) groups is 1. The monoisotopic (exact) mass is 249 g/mol. The summed E-state index contributed by atoms with van der Waals surface area (Å²) in [7, 11) is 3.43. The molecule has 2 rings (SSSR count). The fourth-order valence-electron chi connectivity index (χ4n) is 2.32. The average Bonchev–Trinajstić information content (AvgIpc) is 2.76. The van der Waals surface area contributed by atoms with Crippen LogP contribution >= 0.6 is 0 Å². The molecule has 0 aromatic heterocycles. The Morgan fingerprint density at radius 3 is 3.06 bits per heavy atom. The number of anilines is 1. The minimum Gasteiger partial charge on any atom is -0.469 e. The van der Waals surface area contributed by atoms with Crippen LogP contribution in [-0.4, -0.2) is 31.8 Å². The Hall–Kier alpha value is -1.55. The van der Waals surface area contributed by atoms with E-state index >= 15 is 0 Å². The number of likely N-dealkylation sites (N-methyl/N-ethyl adjacent to an activating group) is 1. The molecule has 1 N–H and O–H groups in total. The Morgan fingerprint density at radius 1 is 1.56 bits per heavy atom. The van der Waals surface area contributed by atoms with Gasteiger partial charge in [0.05, 0.1) is 13.2 Å². The van der Waals surface area contributed by atoms with Crippen molar-refractivity contribution in [2.24, 2.45) is 0 Å². The molecule has 0 radical (unpaired) electrons. The maximum absolute atomic E-state index is 11.0. The van der Waals surface area contributed by atoms with E-state index in [1.165, 1.54) is 18.4 Å². The Bertz CT molecular complexity index is 445. The predicted octanol–water partition coefficient (Wildman–Crippen LogP) is 1.67. The van der Waals surface area contributed by atoms with Crippen molar-refractivity contribution in [2.45, 2.75) is 25.4 Å². The number of hydrogen-bond acceptors (Lipinski definition) is 4. The average molecular weight is 249 g/mol. The third-order valence-corrected chi connectivity index (χ3v) is 3.47. The molecule has 0 amide bonds. The molecule has 1 unspecified atom stereocenters. The topological polar surface area (TPSA) is 49.8 Å². The van der Waals surface area contributed by atoms with Gasteiger partial charge in [-0.3, -0.25) is 4.79 Å². The molecule has 0 spiro atoms. The van der Waals surface area contributed by atoms with Gasteiger partial charge in [0, 0.05) is 25.7 Å². The van der Waals surface area contributed by atoms with Crippen molar-refractivity contribution < 1.29 is 14.6 Å². The van der Waals surface area contributed by atoms with Crippen molar-refractivity contribution in [3.63, 3.8) is 0 Å². The lowest BCUT2D eigenvalue weighted by Crippen LogP contribution is -2.12. The van der Waals surface area contributed by atoms with Crippen LogP contribution in [0.15, 0.2) is 18.2 Å². The third-order valence-electron chi connectivity index (χ3n) is 3.47. The third kappa shape index (κ3) is 2.64. The van der Waals surface area contributed by atoms with E-state index in [4.69, 9.17) is 0 Å². The minimum atomic E-state index is -0.597. The number of nitrogens with zero attached hydrogens (tertiary/aromatic N) is 1. The molecular formula is C14H19NO3. The highest BCUT2D eigenvalue weighted by molar-refractivity contribution is 5.69.